The fourth-order valence-corrected chi connectivity index (χ4v) is 3.84. The van der Waals surface area contributed by atoms with Crippen LogP contribution in [0.25, 0.3) is 0 Å². The SMILES string of the molecule is Cc1nc2c(c(C)c1C)CN(C(=O)C[C@@H]1C[C@H]1c1cccnc1)C2. The Hall–Kier alpha value is -2.23. The summed E-state index contributed by atoms with van der Waals surface area (Å²) >= 11 is 0. The summed E-state index contributed by atoms with van der Waals surface area (Å²) in [5.41, 5.74) is 7.24. The van der Waals surface area contributed by atoms with Crippen LogP contribution in [-0.2, 0) is 17.9 Å². The van der Waals surface area contributed by atoms with Gasteiger partial charge in [-0.3, -0.25) is 14.8 Å². The first-order chi connectivity index (χ1) is 11.5. The highest BCUT2D eigenvalue weighted by atomic mass is 16.2. The molecule has 0 aromatic carbocycles. The molecule has 0 bridgehead atoms. The van der Waals surface area contributed by atoms with Crippen LogP contribution in [0.5, 0.6) is 0 Å². The van der Waals surface area contributed by atoms with Gasteiger partial charge >= 0.3 is 0 Å². The zero-order chi connectivity index (χ0) is 16.8. The number of hydrogen-bond acceptors (Lipinski definition) is 3. The summed E-state index contributed by atoms with van der Waals surface area (Å²) in [6.07, 6.45) is 5.48. The molecular weight excluding hydrogens is 298 g/mol. The number of hydrogen-bond donors (Lipinski definition) is 0. The Balaban J connectivity index is 1.42. The average Bonchev–Trinajstić information content (AvgIpc) is 3.22. The van der Waals surface area contributed by atoms with E-state index in [1.54, 1.807) is 6.20 Å². The molecule has 4 nitrogen and oxygen atoms in total. The number of carbonyl (C=O) groups is 1. The Morgan fingerprint density at radius 1 is 1.25 bits per heavy atom. The number of aromatic nitrogens is 2. The summed E-state index contributed by atoms with van der Waals surface area (Å²) in [6.45, 7) is 7.70. The maximum atomic E-state index is 12.7. The molecule has 1 fully saturated rings. The Morgan fingerprint density at radius 3 is 2.83 bits per heavy atom. The number of pyridine rings is 2. The van der Waals surface area contributed by atoms with Gasteiger partial charge in [0.1, 0.15) is 0 Å². The first-order valence-corrected chi connectivity index (χ1v) is 8.68. The molecule has 2 aromatic rings. The van der Waals surface area contributed by atoms with E-state index >= 15 is 0 Å². The molecule has 4 rings (SSSR count). The molecule has 4 heteroatoms. The molecule has 24 heavy (non-hydrogen) atoms. The molecule has 2 atom stereocenters. The van der Waals surface area contributed by atoms with Crippen LogP contribution in [0.2, 0.25) is 0 Å². The molecule has 1 aliphatic carbocycles. The average molecular weight is 321 g/mol. The summed E-state index contributed by atoms with van der Waals surface area (Å²) in [7, 11) is 0. The number of nitrogens with zero attached hydrogens (tertiary/aromatic N) is 3. The van der Waals surface area contributed by atoms with Crippen molar-refractivity contribution in [2.75, 3.05) is 0 Å². The number of aryl methyl sites for hydroxylation is 1. The van der Waals surface area contributed by atoms with Gasteiger partial charge in [-0.05, 0) is 67.3 Å². The third-order valence-electron chi connectivity index (χ3n) is 5.72. The molecule has 0 N–H and O–H groups in total. The minimum absolute atomic E-state index is 0.263. The van der Waals surface area contributed by atoms with Gasteiger partial charge in [0, 0.05) is 31.1 Å². The summed E-state index contributed by atoms with van der Waals surface area (Å²) < 4.78 is 0. The first-order valence-electron chi connectivity index (χ1n) is 8.68. The number of rotatable bonds is 3. The molecule has 3 heterocycles. The van der Waals surface area contributed by atoms with Crippen LogP contribution < -0.4 is 0 Å². The molecule has 0 spiro atoms. The van der Waals surface area contributed by atoms with Crippen LogP contribution in [-0.4, -0.2) is 20.8 Å². The second kappa shape index (κ2) is 5.69. The number of fused-ring (bicyclic) bond motifs is 1. The van der Waals surface area contributed by atoms with Gasteiger partial charge in [0.25, 0.3) is 0 Å². The highest BCUT2D eigenvalue weighted by molar-refractivity contribution is 5.78. The molecule has 1 saturated carbocycles. The van der Waals surface area contributed by atoms with Crippen LogP contribution in [0.15, 0.2) is 24.5 Å². The van der Waals surface area contributed by atoms with E-state index in [2.05, 4.69) is 31.8 Å². The minimum Gasteiger partial charge on any atom is -0.332 e. The molecule has 124 valence electrons. The monoisotopic (exact) mass is 321 g/mol. The van der Waals surface area contributed by atoms with E-state index in [-0.39, 0.29) is 5.91 Å². The van der Waals surface area contributed by atoms with Gasteiger partial charge in [-0.15, -0.1) is 0 Å². The molecular formula is C20H23N3O. The predicted octanol–water partition coefficient (Wildman–Crippen LogP) is 3.44. The normalized spacial score (nSPS) is 21.7. The van der Waals surface area contributed by atoms with E-state index in [9.17, 15) is 4.79 Å². The zero-order valence-corrected chi connectivity index (χ0v) is 14.5. The first kappa shape index (κ1) is 15.3. The van der Waals surface area contributed by atoms with Gasteiger partial charge in [0.05, 0.1) is 12.2 Å². The number of amides is 1. The highest BCUT2D eigenvalue weighted by Gasteiger charge is 2.41. The van der Waals surface area contributed by atoms with E-state index < -0.39 is 0 Å². The van der Waals surface area contributed by atoms with E-state index in [4.69, 9.17) is 4.98 Å². The third kappa shape index (κ3) is 2.60. The van der Waals surface area contributed by atoms with Gasteiger partial charge in [-0.2, -0.15) is 0 Å². The molecule has 1 aliphatic heterocycles. The van der Waals surface area contributed by atoms with Crippen molar-refractivity contribution in [1.82, 2.24) is 14.9 Å². The van der Waals surface area contributed by atoms with Gasteiger partial charge in [-0.1, -0.05) is 6.07 Å². The van der Waals surface area contributed by atoms with Crippen LogP contribution in [0, 0.1) is 26.7 Å². The Labute approximate surface area is 142 Å². The molecule has 0 saturated heterocycles. The molecule has 1 amide bonds. The number of carbonyl (C=O) groups excluding carboxylic acids is 1. The molecule has 2 aliphatic rings. The zero-order valence-electron chi connectivity index (χ0n) is 14.5. The van der Waals surface area contributed by atoms with Crippen molar-refractivity contribution in [2.45, 2.75) is 52.6 Å². The topological polar surface area (TPSA) is 46.1 Å². The smallest absolute Gasteiger partial charge is 0.223 e. The van der Waals surface area contributed by atoms with Crippen molar-refractivity contribution >= 4 is 5.91 Å². The van der Waals surface area contributed by atoms with Crippen LogP contribution in [0.3, 0.4) is 0 Å². The van der Waals surface area contributed by atoms with Crippen molar-refractivity contribution in [1.29, 1.82) is 0 Å². The van der Waals surface area contributed by atoms with Gasteiger partial charge < -0.3 is 4.90 Å². The fraction of sp³-hybridized carbons (Fsp3) is 0.450. The standard InChI is InChI=1S/C20H23N3O/c1-12-13(2)18-10-23(11-19(18)22-14(12)3)20(24)8-16-7-17(16)15-5-4-6-21-9-15/h4-6,9,16-17H,7-8,10-11H2,1-3H3/t16-,17-/m0/s1. The summed E-state index contributed by atoms with van der Waals surface area (Å²) in [4.78, 5) is 23.6. The second-order valence-corrected chi connectivity index (χ2v) is 7.22. The van der Waals surface area contributed by atoms with Gasteiger partial charge in [0.15, 0.2) is 0 Å². The van der Waals surface area contributed by atoms with Crippen molar-refractivity contribution in [2.24, 2.45) is 5.92 Å². The molecule has 2 aromatic heterocycles. The lowest BCUT2D eigenvalue weighted by molar-refractivity contribution is -0.132. The third-order valence-corrected chi connectivity index (χ3v) is 5.72. The fourth-order valence-electron chi connectivity index (χ4n) is 3.84. The van der Waals surface area contributed by atoms with Crippen LogP contribution in [0.1, 0.15) is 52.4 Å². The summed E-state index contributed by atoms with van der Waals surface area (Å²) in [5, 5.41) is 0. The van der Waals surface area contributed by atoms with Gasteiger partial charge in [-0.25, -0.2) is 0 Å². The predicted molar refractivity (Wildman–Crippen MR) is 92.4 cm³/mol. The second-order valence-electron chi connectivity index (χ2n) is 7.22. The van der Waals surface area contributed by atoms with Gasteiger partial charge in [0.2, 0.25) is 5.91 Å². The Kier molecular flexibility index (Phi) is 3.63. The van der Waals surface area contributed by atoms with Crippen molar-refractivity contribution in [3.05, 3.63) is 58.2 Å². The van der Waals surface area contributed by atoms with E-state index in [0.717, 1.165) is 24.4 Å². The van der Waals surface area contributed by atoms with E-state index in [0.29, 0.717) is 24.8 Å². The van der Waals surface area contributed by atoms with Crippen LogP contribution in [0.4, 0.5) is 0 Å². The Bertz CT molecular complexity index is 800. The van der Waals surface area contributed by atoms with Crippen molar-refractivity contribution in [3.63, 3.8) is 0 Å². The quantitative estimate of drug-likeness (QED) is 0.870. The van der Waals surface area contributed by atoms with E-state index in [1.807, 2.05) is 17.2 Å². The molecule has 0 radical (unpaired) electrons. The lowest BCUT2D eigenvalue weighted by Crippen LogP contribution is -2.25. The maximum absolute atomic E-state index is 12.7. The van der Waals surface area contributed by atoms with Crippen LogP contribution >= 0.6 is 0 Å². The minimum atomic E-state index is 0.263. The van der Waals surface area contributed by atoms with Crippen molar-refractivity contribution in [3.8, 4) is 0 Å². The lowest BCUT2D eigenvalue weighted by atomic mass is 10.0. The molecule has 0 unspecified atom stereocenters. The summed E-state index contributed by atoms with van der Waals surface area (Å²) in [5.74, 6) is 1.25. The largest absolute Gasteiger partial charge is 0.332 e. The summed E-state index contributed by atoms with van der Waals surface area (Å²) in [6, 6.07) is 4.09. The highest BCUT2D eigenvalue weighted by Crippen LogP contribution is 2.49. The Morgan fingerprint density at radius 2 is 2.08 bits per heavy atom. The van der Waals surface area contributed by atoms with Crippen molar-refractivity contribution < 1.29 is 4.79 Å². The maximum Gasteiger partial charge on any atom is 0.223 e. The van der Waals surface area contributed by atoms with E-state index in [1.165, 1.54) is 22.3 Å². The lowest BCUT2D eigenvalue weighted by Gasteiger charge is -2.15.